The molecule has 1 aromatic heterocycles. The largest absolute Gasteiger partial charge is 0.471 e. The second kappa shape index (κ2) is 8.81. The summed E-state index contributed by atoms with van der Waals surface area (Å²) in [6.07, 6.45) is 2.30. The molecule has 6 nitrogen and oxygen atoms in total. The van der Waals surface area contributed by atoms with Crippen LogP contribution in [0.4, 0.5) is 5.69 Å². The molecule has 1 fully saturated rings. The van der Waals surface area contributed by atoms with Crippen LogP contribution in [-0.2, 0) is 0 Å². The van der Waals surface area contributed by atoms with Crippen LogP contribution in [0.2, 0.25) is 10.0 Å². The lowest BCUT2D eigenvalue weighted by Crippen LogP contribution is -2.27. The molecule has 8 heteroatoms. The molecule has 30 heavy (non-hydrogen) atoms. The van der Waals surface area contributed by atoms with Crippen molar-refractivity contribution >= 4 is 34.8 Å². The van der Waals surface area contributed by atoms with Gasteiger partial charge in [-0.2, -0.15) is 0 Å². The molecule has 4 rings (SSSR count). The molecular formula is C22H19Cl2N3O3. The van der Waals surface area contributed by atoms with Crippen LogP contribution in [0.25, 0.3) is 0 Å². The molecular weight excluding hydrogens is 425 g/mol. The van der Waals surface area contributed by atoms with Gasteiger partial charge >= 0.3 is 0 Å². The molecule has 0 bridgehead atoms. The van der Waals surface area contributed by atoms with Gasteiger partial charge in [0.1, 0.15) is 22.6 Å². The van der Waals surface area contributed by atoms with E-state index in [4.69, 9.17) is 38.4 Å². The van der Waals surface area contributed by atoms with E-state index >= 15 is 0 Å². The van der Waals surface area contributed by atoms with Gasteiger partial charge in [0.05, 0.1) is 17.1 Å². The minimum atomic E-state index is -0.535. The van der Waals surface area contributed by atoms with E-state index in [1.165, 1.54) is 0 Å². The van der Waals surface area contributed by atoms with Crippen molar-refractivity contribution in [3.8, 4) is 17.4 Å². The van der Waals surface area contributed by atoms with Crippen molar-refractivity contribution in [2.75, 3.05) is 18.0 Å². The summed E-state index contributed by atoms with van der Waals surface area (Å²) in [4.78, 5) is 18.3. The summed E-state index contributed by atoms with van der Waals surface area (Å²) in [5.74, 6) is 0.855. The van der Waals surface area contributed by atoms with Gasteiger partial charge in [0.2, 0.25) is 5.88 Å². The zero-order chi connectivity index (χ0) is 21.1. The number of hydrogen-bond acceptors (Lipinski definition) is 5. The van der Waals surface area contributed by atoms with Crippen LogP contribution in [0.1, 0.15) is 16.8 Å². The number of carbonyl (C=O) groups excluding carboxylic acids is 1. The van der Waals surface area contributed by atoms with Crippen LogP contribution >= 0.6 is 23.2 Å². The van der Waals surface area contributed by atoms with Crippen molar-refractivity contribution in [1.82, 2.24) is 4.98 Å². The monoisotopic (exact) mass is 443 g/mol. The molecule has 2 aromatic carbocycles. The van der Waals surface area contributed by atoms with Gasteiger partial charge < -0.3 is 20.1 Å². The van der Waals surface area contributed by atoms with Gasteiger partial charge in [-0.1, -0.05) is 35.3 Å². The van der Waals surface area contributed by atoms with Crippen LogP contribution in [0.5, 0.6) is 17.4 Å². The van der Waals surface area contributed by atoms with Gasteiger partial charge in [0, 0.05) is 24.8 Å². The Morgan fingerprint density at radius 3 is 2.67 bits per heavy atom. The quantitative estimate of drug-likeness (QED) is 0.583. The van der Waals surface area contributed by atoms with Crippen LogP contribution in [0, 0.1) is 0 Å². The summed E-state index contributed by atoms with van der Waals surface area (Å²) in [5, 5.41) is 0.949. The van der Waals surface area contributed by atoms with Gasteiger partial charge in [-0.3, -0.25) is 4.79 Å². The normalized spacial score (nSPS) is 15.8. The fraction of sp³-hybridized carbons (Fsp3) is 0.182. The number of ether oxygens (including phenoxy) is 2. The van der Waals surface area contributed by atoms with E-state index in [9.17, 15) is 4.79 Å². The smallest absolute Gasteiger partial charge is 0.250 e. The number of anilines is 1. The van der Waals surface area contributed by atoms with Crippen LogP contribution in [0.15, 0.2) is 60.8 Å². The maximum atomic E-state index is 12.1. The predicted molar refractivity (Wildman–Crippen MR) is 117 cm³/mol. The number of para-hydroxylation sites is 1. The summed E-state index contributed by atoms with van der Waals surface area (Å²) < 4.78 is 11.8. The van der Waals surface area contributed by atoms with Crippen molar-refractivity contribution in [3.63, 3.8) is 0 Å². The molecule has 0 spiro atoms. The number of nitrogens with zero attached hydrogens (tertiary/aromatic N) is 2. The van der Waals surface area contributed by atoms with E-state index < -0.39 is 5.91 Å². The van der Waals surface area contributed by atoms with Crippen LogP contribution in [0.3, 0.4) is 0 Å². The highest BCUT2D eigenvalue weighted by atomic mass is 35.5. The van der Waals surface area contributed by atoms with Crippen molar-refractivity contribution in [3.05, 3.63) is 76.4 Å². The number of hydrogen-bond donors (Lipinski definition) is 1. The lowest BCUT2D eigenvalue weighted by molar-refractivity contribution is 0.100. The Balaban J connectivity index is 1.52. The zero-order valence-corrected chi connectivity index (χ0v) is 17.4. The minimum Gasteiger partial charge on any atom is -0.471 e. The van der Waals surface area contributed by atoms with Crippen molar-refractivity contribution in [2.24, 2.45) is 5.73 Å². The molecule has 0 aliphatic carbocycles. The Hall–Kier alpha value is -2.96. The number of halogens is 2. The van der Waals surface area contributed by atoms with Gasteiger partial charge in [-0.05, 0) is 42.5 Å². The maximum Gasteiger partial charge on any atom is 0.250 e. The number of aromatic nitrogens is 1. The molecule has 1 saturated heterocycles. The first-order valence-electron chi connectivity index (χ1n) is 9.39. The third-order valence-electron chi connectivity index (χ3n) is 4.79. The summed E-state index contributed by atoms with van der Waals surface area (Å²) in [6.45, 7) is 1.29. The number of rotatable bonds is 6. The fourth-order valence-electron chi connectivity index (χ4n) is 3.37. The standard InChI is InChI=1S/C22H19Cl2N3O3/c23-17-4-1-2-6-20(17)29-14-7-8-19(16(12-14)21(25)28)27-11-9-15(13-27)30-22-18(24)5-3-10-26-22/h1-8,10,12,15H,9,11,13H2,(H2,25,28)/t15-/m0/s1. The molecule has 1 amide bonds. The van der Waals surface area contributed by atoms with Crippen LogP contribution in [-0.4, -0.2) is 30.1 Å². The number of nitrogens with two attached hydrogens (primary N) is 1. The molecule has 1 atom stereocenters. The first-order chi connectivity index (χ1) is 14.5. The minimum absolute atomic E-state index is 0.0998. The fourth-order valence-corrected chi connectivity index (χ4v) is 3.71. The molecule has 0 saturated carbocycles. The maximum absolute atomic E-state index is 12.1. The highest BCUT2D eigenvalue weighted by molar-refractivity contribution is 6.32. The average Bonchev–Trinajstić information content (AvgIpc) is 3.20. The van der Waals surface area contributed by atoms with Gasteiger partial charge in [0.25, 0.3) is 5.91 Å². The van der Waals surface area contributed by atoms with Crippen molar-refractivity contribution in [2.45, 2.75) is 12.5 Å². The summed E-state index contributed by atoms with van der Waals surface area (Å²) in [7, 11) is 0. The van der Waals surface area contributed by atoms with Crippen molar-refractivity contribution < 1.29 is 14.3 Å². The number of pyridine rings is 1. The third-order valence-corrected chi connectivity index (χ3v) is 5.39. The van der Waals surface area contributed by atoms with Crippen molar-refractivity contribution in [1.29, 1.82) is 0 Å². The molecule has 1 aliphatic rings. The van der Waals surface area contributed by atoms with E-state index in [1.54, 1.807) is 42.6 Å². The number of amides is 1. The Kier molecular flexibility index (Phi) is 5.97. The Morgan fingerprint density at radius 1 is 1.10 bits per heavy atom. The second-order valence-electron chi connectivity index (χ2n) is 6.84. The van der Waals surface area contributed by atoms with E-state index in [2.05, 4.69) is 9.88 Å². The lowest BCUT2D eigenvalue weighted by Gasteiger charge is -2.22. The van der Waals surface area contributed by atoms with Gasteiger partial charge in [-0.15, -0.1) is 0 Å². The first-order valence-corrected chi connectivity index (χ1v) is 10.1. The predicted octanol–water partition coefficient (Wildman–Crippen LogP) is 4.94. The average molecular weight is 444 g/mol. The lowest BCUT2D eigenvalue weighted by atomic mass is 10.1. The number of benzene rings is 2. The molecule has 0 unspecified atom stereocenters. The van der Waals surface area contributed by atoms with Crippen LogP contribution < -0.4 is 20.1 Å². The Bertz CT molecular complexity index is 1080. The molecule has 2 N–H and O–H groups in total. The third kappa shape index (κ3) is 4.45. The topological polar surface area (TPSA) is 77.7 Å². The highest BCUT2D eigenvalue weighted by Gasteiger charge is 2.28. The SMILES string of the molecule is NC(=O)c1cc(Oc2ccccc2Cl)ccc1N1CC[C@H](Oc2ncccc2Cl)C1. The summed E-state index contributed by atoms with van der Waals surface area (Å²) >= 11 is 12.3. The van der Waals surface area contributed by atoms with E-state index in [1.807, 2.05) is 18.2 Å². The molecule has 2 heterocycles. The van der Waals surface area contributed by atoms with E-state index in [0.29, 0.717) is 46.1 Å². The molecule has 0 radical (unpaired) electrons. The van der Waals surface area contributed by atoms with E-state index in [0.717, 1.165) is 12.1 Å². The summed E-state index contributed by atoms with van der Waals surface area (Å²) in [5.41, 5.74) is 6.75. The Morgan fingerprint density at radius 2 is 1.90 bits per heavy atom. The second-order valence-corrected chi connectivity index (χ2v) is 7.66. The highest BCUT2D eigenvalue weighted by Crippen LogP contribution is 2.34. The summed E-state index contributed by atoms with van der Waals surface area (Å²) in [6, 6.07) is 15.9. The number of carbonyl (C=O) groups is 1. The number of primary amides is 1. The first kappa shape index (κ1) is 20.3. The molecule has 154 valence electrons. The van der Waals surface area contributed by atoms with E-state index in [-0.39, 0.29) is 6.10 Å². The van der Waals surface area contributed by atoms with Gasteiger partial charge in [0.15, 0.2) is 0 Å². The van der Waals surface area contributed by atoms with Gasteiger partial charge in [-0.25, -0.2) is 4.98 Å². The molecule has 1 aliphatic heterocycles. The Labute approximate surface area is 184 Å². The zero-order valence-electron chi connectivity index (χ0n) is 15.9. The molecule has 3 aromatic rings.